The van der Waals surface area contributed by atoms with Gasteiger partial charge in [-0.1, -0.05) is 46.4 Å². The molecule has 1 amide bonds. The van der Waals surface area contributed by atoms with E-state index in [1.165, 1.54) is 6.07 Å². The molecule has 2 aromatic rings. The van der Waals surface area contributed by atoms with Gasteiger partial charge >= 0.3 is 0 Å². The number of nitrogens with one attached hydrogen (secondary N) is 2. The molecule has 0 unspecified atom stereocenters. The van der Waals surface area contributed by atoms with Crippen LogP contribution < -0.4 is 15.4 Å². The maximum absolute atomic E-state index is 11.8. The number of thiocarbonyl (C=S) groups is 1. The van der Waals surface area contributed by atoms with Crippen LogP contribution in [0.4, 0.5) is 5.69 Å². The summed E-state index contributed by atoms with van der Waals surface area (Å²) in [6.07, 6.45) is 0. The van der Waals surface area contributed by atoms with Crippen LogP contribution >= 0.6 is 58.6 Å². The Balaban J connectivity index is 1.86. The van der Waals surface area contributed by atoms with E-state index in [1.54, 1.807) is 30.3 Å². The second-order valence-electron chi connectivity index (χ2n) is 4.52. The molecule has 0 bridgehead atoms. The number of carbonyl (C=O) groups is 1. The van der Waals surface area contributed by atoms with Gasteiger partial charge < -0.3 is 10.1 Å². The Kier molecular flexibility index (Phi) is 6.95. The number of hydrogen-bond acceptors (Lipinski definition) is 3. The first kappa shape index (κ1) is 19.1. The molecule has 0 aliphatic carbocycles. The third-order valence-electron chi connectivity index (χ3n) is 2.63. The molecule has 0 atom stereocenters. The molecule has 126 valence electrons. The zero-order valence-corrected chi connectivity index (χ0v) is 15.7. The molecule has 9 heteroatoms. The second kappa shape index (κ2) is 8.74. The number of anilines is 1. The lowest BCUT2D eigenvalue weighted by Gasteiger charge is -2.11. The van der Waals surface area contributed by atoms with Crippen molar-refractivity contribution in [1.29, 1.82) is 0 Å². The fraction of sp³-hybridized carbons (Fsp3) is 0.0667. The van der Waals surface area contributed by atoms with Crippen molar-refractivity contribution in [3.05, 3.63) is 56.5 Å². The molecule has 2 rings (SSSR count). The molecule has 0 spiro atoms. The van der Waals surface area contributed by atoms with Crippen molar-refractivity contribution in [2.45, 2.75) is 0 Å². The van der Waals surface area contributed by atoms with Crippen LogP contribution in [0.2, 0.25) is 20.1 Å². The van der Waals surface area contributed by atoms with Gasteiger partial charge in [0.25, 0.3) is 5.91 Å². The smallest absolute Gasteiger partial charge is 0.264 e. The fourth-order valence-corrected chi connectivity index (χ4v) is 2.91. The molecule has 0 saturated heterocycles. The van der Waals surface area contributed by atoms with Crippen LogP contribution in [0.25, 0.3) is 0 Å². The number of halogens is 4. The van der Waals surface area contributed by atoms with Crippen molar-refractivity contribution in [3.8, 4) is 5.75 Å². The van der Waals surface area contributed by atoms with E-state index in [0.29, 0.717) is 31.5 Å². The molecule has 24 heavy (non-hydrogen) atoms. The van der Waals surface area contributed by atoms with E-state index in [0.717, 1.165) is 0 Å². The highest BCUT2D eigenvalue weighted by Crippen LogP contribution is 2.27. The monoisotopic (exact) mass is 422 g/mol. The second-order valence-corrected chi connectivity index (χ2v) is 6.65. The van der Waals surface area contributed by atoms with Gasteiger partial charge in [0, 0.05) is 20.8 Å². The SMILES string of the molecule is O=C(COc1ccc(Cl)cc1Cl)NC(=S)Nc1cc(Cl)cc(Cl)c1. The molecule has 0 fully saturated rings. The van der Waals surface area contributed by atoms with Crippen LogP contribution in [0.15, 0.2) is 36.4 Å². The molecule has 4 nitrogen and oxygen atoms in total. The fourth-order valence-electron chi connectivity index (χ4n) is 1.69. The minimum atomic E-state index is -0.452. The van der Waals surface area contributed by atoms with Crippen LogP contribution in [0.1, 0.15) is 0 Å². The molecular formula is C15H10Cl4N2O2S. The summed E-state index contributed by atoms with van der Waals surface area (Å²) in [5.74, 6) is -0.108. The van der Waals surface area contributed by atoms with Crippen LogP contribution in [0.5, 0.6) is 5.75 Å². The number of rotatable bonds is 4. The largest absolute Gasteiger partial charge is 0.482 e. The molecule has 0 aromatic heterocycles. The van der Waals surface area contributed by atoms with E-state index >= 15 is 0 Å². The molecular weight excluding hydrogens is 414 g/mol. The number of carbonyl (C=O) groups excluding carboxylic acids is 1. The van der Waals surface area contributed by atoms with E-state index in [4.69, 9.17) is 63.4 Å². The number of benzene rings is 2. The van der Waals surface area contributed by atoms with Gasteiger partial charge in [0.1, 0.15) is 5.75 Å². The van der Waals surface area contributed by atoms with E-state index in [-0.39, 0.29) is 11.7 Å². The van der Waals surface area contributed by atoms with Gasteiger partial charge in [0.2, 0.25) is 0 Å². The highest BCUT2D eigenvalue weighted by atomic mass is 35.5. The highest BCUT2D eigenvalue weighted by molar-refractivity contribution is 7.80. The third kappa shape index (κ3) is 6.00. The average molecular weight is 424 g/mol. The summed E-state index contributed by atoms with van der Waals surface area (Å²) >= 11 is 28.6. The summed E-state index contributed by atoms with van der Waals surface area (Å²) in [7, 11) is 0. The van der Waals surface area contributed by atoms with Crippen molar-refractivity contribution < 1.29 is 9.53 Å². The van der Waals surface area contributed by atoms with Crippen molar-refractivity contribution in [2.24, 2.45) is 0 Å². The molecule has 2 N–H and O–H groups in total. The van der Waals surface area contributed by atoms with Crippen molar-refractivity contribution in [2.75, 3.05) is 11.9 Å². The summed E-state index contributed by atoms with van der Waals surface area (Å²) in [5.41, 5.74) is 0.555. The Morgan fingerprint density at radius 1 is 1.00 bits per heavy atom. The molecule has 0 aliphatic heterocycles. The summed E-state index contributed by atoms with van der Waals surface area (Å²) < 4.78 is 5.31. The van der Waals surface area contributed by atoms with Gasteiger partial charge in [-0.15, -0.1) is 0 Å². The van der Waals surface area contributed by atoms with Crippen molar-refractivity contribution in [1.82, 2.24) is 5.32 Å². The van der Waals surface area contributed by atoms with Gasteiger partial charge in [-0.25, -0.2) is 0 Å². The van der Waals surface area contributed by atoms with Crippen LogP contribution in [0, 0.1) is 0 Å². The summed E-state index contributed by atoms with van der Waals surface area (Å²) in [6, 6.07) is 9.52. The van der Waals surface area contributed by atoms with Crippen molar-refractivity contribution in [3.63, 3.8) is 0 Å². The quantitative estimate of drug-likeness (QED) is 0.664. The van der Waals surface area contributed by atoms with Crippen LogP contribution in [-0.4, -0.2) is 17.6 Å². The maximum atomic E-state index is 11.8. The van der Waals surface area contributed by atoms with Gasteiger partial charge in [0.15, 0.2) is 11.7 Å². The third-order valence-corrected chi connectivity index (χ3v) is 3.80. The van der Waals surface area contributed by atoms with Gasteiger partial charge in [0.05, 0.1) is 5.02 Å². The van der Waals surface area contributed by atoms with Crippen LogP contribution in [-0.2, 0) is 4.79 Å². The Labute approximate surface area is 164 Å². The molecule has 0 radical (unpaired) electrons. The number of amides is 1. The lowest BCUT2D eigenvalue weighted by atomic mass is 10.3. The number of ether oxygens (including phenoxy) is 1. The maximum Gasteiger partial charge on any atom is 0.264 e. The van der Waals surface area contributed by atoms with E-state index in [1.807, 2.05) is 0 Å². The molecule has 0 saturated carbocycles. The van der Waals surface area contributed by atoms with Gasteiger partial charge in [-0.3, -0.25) is 10.1 Å². The van der Waals surface area contributed by atoms with Gasteiger partial charge in [-0.05, 0) is 48.6 Å². The van der Waals surface area contributed by atoms with E-state index in [2.05, 4.69) is 10.6 Å². The average Bonchev–Trinajstić information content (AvgIpc) is 2.44. The standard InChI is InChI=1S/C15H10Cl4N2O2S/c16-8-1-2-13(12(19)6-8)23-7-14(22)21-15(24)20-11-4-9(17)3-10(18)5-11/h1-6H,7H2,(H2,20,21,22,24). The predicted molar refractivity (Wildman–Crippen MR) is 103 cm³/mol. The van der Waals surface area contributed by atoms with Gasteiger partial charge in [-0.2, -0.15) is 0 Å². The Morgan fingerprint density at radius 2 is 1.67 bits per heavy atom. The minimum Gasteiger partial charge on any atom is -0.482 e. The topological polar surface area (TPSA) is 50.4 Å². The van der Waals surface area contributed by atoms with Crippen molar-refractivity contribution >= 4 is 75.3 Å². The number of hydrogen-bond donors (Lipinski definition) is 2. The Morgan fingerprint density at radius 3 is 2.29 bits per heavy atom. The minimum absolute atomic E-state index is 0.0872. The first-order valence-corrected chi connectivity index (χ1v) is 8.40. The summed E-state index contributed by atoms with van der Waals surface area (Å²) in [6.45, 7) is -0.264. The zero-order valence-electron chi connectivity index (χ0n) is 11.9. The highest BCUT2D eigenvalue weighted by Gasteiger charge is 2.09. The first-order valence-electron chi connectivity index (χ1n) is 6.48. The molecule has 2 aromatic carbocycles. The Hall–Kier alpha value is -1.24. The molecule has 0 aliphatic rings. The lowest BCUT2D eigenvalue weighted by molar-refractivity contribution is -0.121. The summed E-state index contributed by atoms with van der Waals surface area (Å²) in [5, 5.41) is 7.03. The van der Waals surface area contributed by atoms with E-state index < -0.39 is 5.91 Å². The summed E-state index contributed by atoms with van der Waals surface area (Å²) in [4.78, 5) is 11.8. The normalized spacial score (nSPS) is 10.2. The zero-order chi connectivity index (χ0) is 17.7. The molecule has 0 heterocycles. The van der Waals surface area contributed by atoms with E-state index in [9.17, 15) is 4.79 Å². The predicted octanol–water partition coefficient (Wildman–Crippen LogP) is 5.19. The Bertz CT molecular complexity index is 766. The lowest BCUT2D eigenvalue weighted by Crippen LogP contribution is -2.37. The first-order chi connectivity index (χ1) is 11.3. The van der Waals surface area contributed by atoms with Crippen LogP contribution in [0.3, 0.4) is 0 Å².